The molecule has 1 aromatic rings. The number of benzene rings is 1. The van der Waals surface area contributed by atoms with Gasteiger partial charge in [0.1, 0.15) is 0 Å². The summed E-state index contributed by atoms with van der Waals surface area (Å²) >= 11 is 0. The highest BCUT2D eigenvalue weighted by molar-refractivity contribution is 6.87. The predicted octanol–water partition coefficient (Wildman–Crippen LogP) is 1.45. The highest BCUT2D eigenvalue weighted by Crippen LogP contribution is 2.04. The Morgan fingerprint density at radius 1 is 1.18 bits per heavy atom. The quantitative estimate of drug-likeness (QED) is 0.338. The Morgan fingerprint density at radius 3 is 2.18 bits per heavy atom. The minimum absolute atomic E-state index is 0.00231. The number of hydrogen-bond donors (Lipinski definition) is 0. The van der Waals surface area contributed by atoms with Crippen molar-refractivity contribution in [2.75, 3.05) is 0 Å². The van der Waals surface area contributed by atoms with Crippen LogP contribution in [0.2, 0.25) is 0 Å². The van der Waals surface area contributed by atoms with Gasteiger partial charge in [-0.1, -0.05) is 35.9 Å². The minimum Gasteiger partial charge on any atom is -0.251 e. The molecule has 0 nitrogen and oxygen atoms in total. The second kappa shape index (κ2) is 2.85. The fourth-order valence-corrected chi connectivity index (χ4v) is 1.51. The molecule has 0 aliphatic rings. The number of hydrogen-bond acceptors (Lipinski definition) is 0. The van der Waals surface area contributed by atoms with Crippen molar-refractivity contribution in [2.24, 2.45) is 0 Å². The van der Waals surface area contributed by atoms with Crippen molar-refractivity contribution in [3.8, 4) is 12.0 Å². The summed E-state index contributed by atoms with van der Waals surface area (Å²) in [5, 5.41) is 0.00231. The Labute approximate surface area is 65.2 Å². The van der Waals surface area contributed by atoms with Crippen LogP contribution in [0.3, 0.4) is 0 Å². The minimum atomic E-state index is -4.53. The molecule has 11 heavy (non-hydrogen) atoms. The molecule has 0 aromatic heterocycles. The summed E-state index contributed by atoms with van der Waals surface area (Å²) in [4.78, 5) is 0. The number of rotatable bonds is 1. The van der Waals surface area contributed by atoms with Crippen LogP contribution in [0, 0.1) is 12.0 Å². The van der Waals surface area contributed by atoms with E-state index in [4.69, 9.17) is 6.42 Å². The first-order valence-electron chi connectivity index (χ1n) is 3.08. The van der Waals surface area contributed by atoms with Crippen LogP contribution < -0.4 is 5.19 Å². The van der Waals surface area contributed by atoms with E-state index in [1.165, 1.54) is 12.1 Å². The van der Waals surface area contributed by atoms with Crippen LogP contribution in [0.25, 0.3) is 0 Å². The molecule has 3 heteroatoms. The van der Waals surface area contributed by atoms with Crippen molar-refractivity contribution in [2.45, 2.75) is 0 Å². The average molecular weight is 168 g/mol. The lowest BCUT2D eigenvalue weighted by molar-refractivity contribution is 0.657. The zero-order chi connectivity index (χ0) is 8.32. The molecule has 1 rings (SSSR count). The van der Waals surface area contributed by atoms with Crippen molar-refractivity contribution < 1.29 is 8.22 Å². The Kier molecular flexibility index (Phi) is 2.06. The van der Waals surface area contributed by atoms with Crippen molar-refractivity contribution in [3.63, 3.8) is 0 Å². The Morgan fingerprint density at radius 2 is 1.73 bits per heavy atom. The fraction of sp³-hybridized carbons (Fsp3) is 0. The second-order valence-corrected chi connectivity index (χ2v) is 4.10. The lowest BCUT2D eigenvalue weighted by Gasteiger charge is -2.03. The third kappa shape index (κ3) is 1.66. The van der Waals surface area contributed by atoms with E-state index in [0.29, 0.717) is 0 Å². The summed E-state index contributed by atoms with van der Waals surface area (Å²) in [5.74, 6) is 0. The summed E-state index contributed by atoms with van der Waals surface area (Å²) in [7, 11) is -4.53. The van der Waals surface area contributed by atoms with Crippen molar-refractivity contribution in [1.82, 2.24) is 0 Å². The van der Waals surface area contributed by atoms with Crippen LogP contribution in [0.15, 0.2) is 30.3 Å². The normalized spacial score (nSPS) is 10.6. The molecule has 0 spiro atoms. The van der Waals surface area contributed by atoms with Gasteiger partial charge in [-0.2, -0.15) is 0 Å². The summed E-state index contributed by atoms with van der Waals surface area (Å²) in [6, 6.07) is 7.55. The SMILES string of the molecule is C#C[Si](F)(F)c1ccccc1. The molecule has 0 fully saturated rings. The Bertz CT molecular complexity index is 274. The summed E-state index contributed by atoms with van der Waals surface area (Å²) in [5.41, 5.74) is 1.56. The highest BCUT2D eigenvalue weighted by Gasteiger charge is 2.35. The van der Waals surface area contributed by atoms with Crippen LogP contribution in [0.5, 0.6) is 0 Å². The Balaban J connectivity index is 3.05. The zero-order valence-corrected chi connectivity index (χ0v) is 6.72. The van der Waals surface area contributed by atoms with Crippen LogP contribution in [-0.4, -0.2) is 8.74 Å². The van der Waals surface area contributed by atoms with Gasteiger partial charge in [0, 0.05) is 5.19 Å². The van der Waals surface area contributed by atoms with E-state index in [9.17, 15) is 8.22 Å². The van der Waals surface area contributed by atoms with E-state index in [2.05, 4.69) is 0 Å². The summed E-state index contributed by atoms with van der Waals surface area (Å²) in [6.45, 7) is 0. The molecule has 0 radical (unpaired) electrons. The van der Waals surface area contributed by atoms with Crippen molar-refractivity contribution in [1.29, 1.82) is 0 Å². The molecule has 0 aliphatic carbocycles. The summed E-state index contributed by atoms with van der Waals surface area (Å²) in [6.07, 6.45) is 4.70. The molecule has 0 bridgehead atoms. The van der Waals surface area contributed by atoms with Crippen LogP contribution in [0.1, 0.15) is 0 Å². The molecule has 0 aliphatic heterocycles. The van der Waals surface area contributed by atoms with Gasteiger partial charge in [-0.15, -0.1) is 6.42 Å². The molecular formula is C8H6F2Si. The first kappa shape index (κ1) is 7.96. The van der Waals surface area contributed by atoms with Gasteiger partial charge in [0.25, 0.3) is 0 Å². The molecule has 0 saturated heterocycles. The summed E-state index contributed by atoms with van der Waals surface area (Å²) < 4.78 is 25.6. The predicted molar refractivity (Wildman–Crippen MR) is 42.9 cm³/mol. The highest BCUT2D eigenvalue weighted by atomic mass is 28.4. The van der Waals surface area contributed by atoms with Crippen LogP contribution >= 0.6 is 0 Å². The topological polar surface area (TPSA) is 0 Å². The molecule has 56 valence electrons. The van der Waals surface area contributed by atoms with E-state index in [1.807, 2.05) is 0 Å². The van der Waals surface area contributed by atoms with Gasteiger partial charge >= 0.3 is 8.74 Å². The van der Waals surface area contributed by atoms with E-state index in [0.717, 1.165) is 0 Å². The molecule has 1 aromatic carbocycles. The van der Waals surface area contributed by atoms with Gasteiger partial charge in [-0.25, -0.2) is 0 Å². The largest absolute Gasteiger partial charge is 0.535 e. The van der Waals surface area contributed by atoms with Gasteiger partial charge in [0.05, 0.1) is 0 Å². The molecule has 0 heterocycles. The average Bonchev–Trinajstić information content (AvgIpc) is 2.06. The van der Waals surface area contributed by atoms with E-state index < -0.39 is 8.74 Å². The first-order valence-corrected chi connectivity index (χ1v) is 4.83. The third-order valence-electron chi connectivity index (χ3n) is 1.32. The van der Waals surface area contributed by atoms with Crippen LogP contribution in [-0.2, 0) is 0 Å². The molecule has 0 atom stereocenters. The first-order chi connectivity index (χ1) is 5.17. The second-order valence-electron chi connectivity index (χ2n) is 2.08. The number of terminal acetylenes is 1. The fourth-order valence-electron chi connectivity index (χ4n) is 0.731. The molecule has 0 saturated carbocycles. The van der Waals surface area contributed by atoms with Gasteiger partial charge < -0.3 is 0 Å². The van der Waals surface area contributed by atoms with Crippen molar-refractivity contribution in [3.05, 3.63) is 30.3 Å². The maximum absolute atomic E-state index is 12.8. The van der Waals surface area contributed by atoms with E-state index >= 15 is 0 Å². The third-order valence-corrected chi connectivity index (χ3v) is 2.74. The van der Waals surface area contributed by atoms with Crippen LogP contribution in [0.4, 0.5) is 8.22 Å². The van der Waals surface area contributed by atoms with E-state index in [-0.39, 0.29) is 5.19 Å². The van der Waals surface area contributed by atoms with Gasteiger partial charge in [0.2, 0.25) is 0 Å². The van der Waals surface area contributed by atoms with Gasteiger partial charge in [-0.3, -0.25) is 8.22 Å². The Hall–Kier alpha value is -1.14. The lowest BCUT2D eigenvalue weighted by Crippen LogP contribution is -2.37. The van der Waals surface area contributed by atoms with Gasteiger partial charge in [0.15, 0.2) is 0 Å². The standard InChI is InChI=1S/C8H6F2Si/c1-2-11(9,10)8-6-4-3-5-7-8/h1,3-7H. The molecule has 0 amide bonds. The van der Waals surface area contributed by atoms with E-state index in [1.54, 1.807) is 23.7 Å². The zero-order valence-electron chi connectivity index (χ0n) is 5.72. The maximum atomic E-state index is 12.8. The van der Waals surface area contributed by atoms with Gasteiger partial charge in [-0.05, 0) is 0 Å². The lowest BCUT2D eigenvalue weighted by atomic mass is 10.4. The maximum Gasteiger partial charge on any atom is 0.535 e. The van der Waals surface area contributed by atoms with Crippen molar-refractivity contribution >= 4 is 13.9 Å². The molecular weight excluding hydrogens is 162 g/mol. The molecule has 0 N–H and O–H groups in total. The monoisotopic (exact) mass is 168 g/mol. The smallest absolute Gasteiger partial charge is 0.251 e. The number of halogens is 2. The molecule has 0 unspecified atom stereocenters.